The number of ketones is 1. The molecule has 0 unspecified atom stereocenters. The predicted molar refractivity (Wildman–Crippen MR) is 173 cm³/mol. The molecule has 0 radical (unpaired) electrons. The molecule has 5 aromatic rings. The molecule has 17 heteroatoms. The van der Waals surface area contributed by atoms with Gasteiger partial charge in [-0.1, -0.05) is 18.1 Å². The average molecular weight is 752 g/mol. The van der Waals surface area contributed by atoms with Crippen molar-refractivity contribution in [2.24, 2.45) is 0 Å². The molecule has 276 valence electrons. The Morgan fingerprint density at radius 2 is 1.63 bits per heavy atom. The lowest BCUT2D eigenvalue weighted by molar-refractivity contribution is -0.121. The highest BCUT2D eigenvalue weighted by molar-refractivity contribution is 5.99. The summed E-state index contributed by atoms with van der Waals surface area (Å²) < 4.78 is 117. The summed E-state index contributed by atoms with van der Waals surface area (Å²) in [5.74, 6) is -6.88. The minimum atomic E-state index is -4.06. The van der Waals surface area contributed by atoms with E-state index in [2.05, 4.69) is 42.2 Å². The fourth-order valence-electron chi connectivity index (χ4n) is 6.68. The first-order chi connectivity index (χ1) is 25.7. The quantitative estimate of drug-likeness (QED) is 0.128. The smallest absolute Gasteiger partial charge is 0.290 e. The van der Waals surface area contributed by atoms with Crippen LogP contribution in [0, 0.1) is 23.5 Å². The Balaban J connectivity index is 1.34. The number of Topliss-reactive ketones (excluding diaryl/α,β-unsaturated/α-hetero) is 1. The molecule has 0 saturated carbocycles. The first-order valence-electron chi connectivity index (χ1n) is 16.4. The van der Waals surface area contributed by atoms with Gasteiger partial charge in [0.2, 0.25) is 5.82 Å². The van der Waals surface area contributed by atoms with Gasteiger partial charge in [-0.3, -0.25) is 14.3 Å². The van der Waals surface area contributed by atoms with Gasteiger partial charge in [-0.15, -0.1) is 0 Å². The lowest BCUT2D eigenvalue weighted by atomic mass is 9.86. The summed E-state index contributed by atoms with van der Waals surface area (Å²) in [6.07, 6.45) is -1.82. The lowest BCUT2D eigenvalue weighted by Gasteiger charge is -2.29. The van der Waals surface area contributed by atoms with Crippen molar-refractivity contribution in [1.82, 2.24) is 35.0 Å². The Hall–Kier alpha value is -6.05. The first-order valence-corrected chi connectivity index (χ1v) is 16.4. The Morgan fingerprint density at radius 1 is 0.907 bits per heavy atom. The van der Waals surface area contributed by atoms with Gasteiger partial charge in [0, 0.05) is 67.5 Å². The van der Waals surface area contributed by atoms with E-state index in [1.54, 1.807) is 18.2 Å². The summed E-state index contributed by atoms with van der Waals surface area (Å²) in [6, 6.07) is 7.58. The summed E-state index contributed by atoms with van der Waals surface area (Å²) in [5.41, 5.74) is -2.38. The maximum atomic E-state index is 15.1. The fourth-order valence-corrected chi connectivity index (χ4v) is 6.68. The molecule has 1 N–H and O–H groups in total. The molecule has 9 nitrogen and oxygen atoms in total. The summed E-state index contributed by atoms with van der Waals surface area (Å²) in [4.78, 5) is 43.1. The van der Waals surface area contributed by atoms with Crippen molar-refractivity contribution in [2.75, 3.05) is 0 Å². The van der Waals surface area contributed by atoms with Crippen LogP contribution in [0.5, 0.6) is 0 Å². The highest BCUT2D eigenvalue weighted by Crippen LogP contribution is 2.52. The molecule has 3 aromatic heterocycles. The Bertz CT molecular complexity index is 2340. The van der Waals surface area contributed by atoms with Crippen LogP contribution in [-0.4, -0.2) is 41.4 Å². The SMILES string of the molecule is O=C(C[C@@H](Cc1cc(F)cc(F)c1)c1nc(C#Cc2cncnc2)ncc1-c1ccc2c(c1)C(=O)NC2)Cn1nc(C(F)F)c2c1C(F)(F)CCC2(F)F. The number of nitrogens with one attached hydrogen (secondary N) is 1. The third-order valence-electron chi connectivity index (χ3n) is 9.05. The van der Waals surface area contributed by atoms with Crippen molar-refractivity contribution >= 4 is 11.7 Å². The molecule has 0 spiro atoms. The number of carbonyl (C=O) groups excluding carboxylic acids is 2. The molecule has 1 aliphatic carbocycles. The first kappa shape index (κ1) is 36.3. The van der Waals surface area contributed by atoms with Crippen LogP contribution in [0.15, 0.2) is 61.3 Å². The van der Waals surface area contributed by atoms with Crippen LogP contribution >= 0.6 is 0 Å². The number of nitrogens with zero attached hydrogens (tertiary/aromatic N) is 6. The van der Waals surface area contributed by atoms with Crippen molar-refractivity contribution in [3.05, 3.63) is 124 Å². The van der Waals surface area contributed by atoms with Crippen molar-refractivity contribution in [3.8, 4) is 23.0 Å². The lowest BCUT2D eigenvalue weighted by Crippen LogP contribution is -2.33. The standard InChI is InChI=1S/C37H25F8N7O2/c38-24-8-20(9-25(39)12-24)7-23(10-26(53)17-52-33-30(32(51-52)34(40)41)36(42,43)5-6-37(33,44)45)31-28(21-2-3-22-15-49-35(54)27(22)11-21)16-48-29(50-31)4-1-19-13-46-18-47-14-19/h2-3,8-9,11-14,16,18,23,34H,5-7,10,15,17H2,(H,49,54)/t23-/m1/s1. The predicted octanol–water partition coefficient (Wildman–Crippen LogP) is 6.95. The highest BCUT2D eigenvalue weighted by Gasteiger charge is 2.55. The average Bonchev–Trinajstić information content (AvgIpc) is 3.71. The van der Waals surface area contributed by atoms with Crippen LogP contribution in [0.1, 0.15) is 87.1 Å². The Labute approximate surface area is 300 Å². The molecule has 4 heterocycles. The van der Waals surface area contributed by atoms with E-state index in [9.17, 15) is 35.9 Å². The Kier molecular flexibility index (Phi) is 9.46. The second-order valence-corrected chi connectivity index (χ2v) is 12.8. The molecule has 1 amide bonds. The zero-order valence-electron chi connectivity index (χ0n) is 27.7. The zero-order chi connectivity index (χ0) is 38.4. The summed E-state index contributed by atoms with van der Waals surface area (Å²) >= 11 is 0. The topological polar surface area (TPSA) is 116 Å². The maximum absolute atomic E-state index is 15.1. The third kappa shape index (κ3) is 7.28. The fraction of sp³-hybridized carbons (Fsp3) is 0.270. The van der Waals surface area contributed by atoms with Crippen molar-refractivity contribution in [3.63, 3.8) is 0 Å². The number of carbonyl (C=O) groups is 2. The number of aromatic nitrogens is 6. The summed E-state index contributed by atoms with van der Waals surface area (Å²) in [5, 5.41) is 6.08. The molecule has 2 aliphatic rings. The summed E-state index contributed by atoms with van der Waals surface area (Å²) in [6.45, 7) is -0.831. The van der Waals surface area contributed by atoms with Gasteiger partial charge in [-0.05, 0) is 47.2 Å². The molecule has 1 aliphatic heterocycles. The number of hydrogen-bond donors (Lipinski definition) is 1. The minimum Gasteiger partial charge on any atom is -0.348 e. The van der Waals surface area contributed by atoms with Gasteiger partial charge in [0.25, 0.3) is 24.2 Å². The normalized spacial score (nSPS) is 15.9. The largest absolute Gasteiger partial charge is 0.348 e. The van der Waals surface area contributed by atoms with Crippen LogP contribution < -0.4 is 5.32 Å². The number of fused-ring (bicyclic) bond motifs is 2. The molecule has 0 bridgehead atoms. The van der Waals surface area contributed by atoms with E-state index >= 15 is 8.78 Å². The zero-order valence-corrected chi connectivity index (χ0v) is 27.7. The van der Waals surface area contributed by atoms with E-state index in [4.69, 9.17) is 0 Å². The van der Waals surface area contributed by atoms with E-state index < -0.39 is 84.4 Å². The van der Waals surface area contributed by atoms with Crippen molar-refractivity contribution < 1.29 is 44.7 Å². The van der Waals surface area contributed by atoms with E-state index in [1.807, 2.05) is 0 Å². The van der Waals surface area contributed by atoms with Gasteiger partial charge < -0.3 is 5.32 Å². The highest BCUT2D eigenvalue weighted by atomic mass is 19.3. The molecule has 2 aromatic carbocycles. The van der Waals surface area contributed by atoms with Crippen LogP contribution in [-0.2, 0) is 36.1 Å². The van der Waals surface area contributed by atoms with E-state index in [1.165, 1.54) is 24.9 Å². The van der Waals surface area contributed by atoms with Gasteiger partial charge >= 0.3 is 0 Å². The van der Waals surface area contributed by atoms with Crippen LogP contribution in [0.3, 0.4) is 0 Å². The van der Waals surface area contributed by atoms with Crippen LogP contribution in [0.4, 0.5) is 35.1 Å². The molecule has 54 heavy (non-hydrogen) atoms. The van der Waals surface area contributed by atoms with Crippen molar-refractivity contribution in [1.29, 1.82) is 0 Å². The van der Waals surface area contributed by atoms with Gasteiger partial charge in [0.1, 0.15) is 35.9 Å². The molecule has 0 saturated heterocycles. The molecular formula is C37H25F8N7O2. The van der Waals surface area contributed by atoms with Gasteiger partial charge in [-0.2, -0.15) is 13.9 Å². The number of rotatable bonds is 9. The Morgan fingerprint density at radius 3 is 2.35 bits per heavy atom. The second kappa shape index (κ2) is 14.1. The monoisotopic (exact) mass is 751 g/mol. The third-order valence-corrected chi connectivity index (χ3v) is 9.05. The maximum Gasteiger partial charge on any atom is 0.290 e. The second-order valence-electron chi connectivity index (χ2n) is 12.8. The number of hydrogen-bond acceptors (Lipinski definition) is 7. The number of amides is 1. The van der Waals surface area contributed by atoms with E-state index in [0.29, 0.717) is 28.3 Å². The molecule has 0 fully saturated rings. The number of halogens is 8. The van der Waals surface area contributed by atoms with Crippen LogP contribution in [0.2, 0.25) is 0 Å². The minimum absolute atomic E-state index is 0.0555. The molecular weight excluding hydrogens is 726 g/mol. The summed E-state index contributed by atoms with van der Waals surface area (Å²) in [7, 11) is 0. The van der Waals surface area contributed by atoms with Gasteiger partial charge in [0.05, 0.1) is 16.8 Å². The number of alkyl halides is 6. The van der Waals surface area contributed by atoms with E-state index in [-0.39, 0.29) is 46.2 Å². The van der Waals surface area contributed by atoms with Gasteiger partial charge in [-0.25, -0.2) is 46.3 Å². The van der Waals surface area contributed by atoms with Crippen molar-refractivity contribution in [2.45, 2.75) is 63.0 Å². The molecule has 1 atom stereocenters. The van der Waals surface area contributed by atoms with Gasteiger partial charge in [0.15, 0.2) is 5.78 Å². The van der Waals surface area contributed by atoms with Crippen LogP contribution in [0.25, 0.3) is 11.1 Å². The number of benzene rings is 2. The van der Waals surface area contributed by atoms with E-state index in [0.717, 1.165) is 12.1 Å². The molecule has 7 rings (SSSR count).